The summed E-state index contributed by atoms with van der Waals surface area (Å²) >= 11 is 1.59. The first kappa shape index (κ1) is 13.8. The number of aliphatic hydroxyl groups excluding tert-OH is 1. The van der Waals surface area contributed by atoms with Crippen molar-refractivity contribution < 1.29 is 14.3 Å². The van der Waals surface area contributed by atoms with Crippen LogP contribution in [0, 0.1) is 5.82 Å². The molecule has 0 aliphatic rings. The molecule has 19 heavy (non-hydrogen) atoms. The number of hydrogen-bond acceptors (Lipinski definition) is 3. The molecule has 0 bridgehead atoms. The van der Waals surface area contributed by atoms with Crippen LogP contribution in [-0.2, 0) is 0 Å². The molecule has 0 fully saturated rings. The van der Waals surface area contributed by atoms with Crippen molar-refractivity contribution >= 4 is 17.5 Å². The number of hydrogen-bond donors (Lipinski definition) is 1. The Morgan fingerprint density at radius 1 is 1.11 bits per heavy atom. The zero-order valence-electron chi connectivity index (χ0n) is 10.3. The first-order valence-corrected chi connectivity index (χ1v) is 6.96. The predicted octanol–water partition coefficient (Wildman–Crippen LogP) is 3.46. The fourth-order valence-electron chi connectivity index (χ4n) is 1.71. The molecule has 0 saturated carbocycles. The number of halogens is 1. The smallest absolute Gasteiger partial charge is 0.195 e. The summed E-state index contributed by atoms with van der Waals surface area (Å²) in [6, 6.07) is 12.3. The molecule has 0 amide bonds. The molecule has 2 nitrogen and oxygen atoms in total. The van der Waals surface area contributed by atoms with E-state index in [0.717, 1.165) is 4.90 Å². The van der Waals surface area contributed by atoms with Crippen molar-refractivity contribution in [3.05, 3.63) is 65.5 Å². The molecule has 2 rings (SSSR count). The van der Waals surface area contributed by atoms with Crippen molar-refractivity contribution in [2.75, 3.05) is 6.26 Å². The van der Waals surface area contributed by atoms with E-state index < -0.39 is 17.7 Å². The number of Topliss-reactive ketones (excluding diaryl/α,β-unsaturated/α-hetero) is 1. The Morgan fingerprint density at radius 3 is 2.21 bits per heavy atom. The summed E-state index contributed by atoms with van der Waals surface area (Å²) in [6.07, 6.45) is 0.733. The van der Waals surface area contributed by atoms with E-state index in [2.05, 4.69) is 0 Å². The minimum Gasteiger partial charge on any atom is -0.380 e. The first-order chi connectivity index (χ1) is 9.11. The van der Waals surface area contributed by atoms with Crippen molar-refractivity contribution in [1.29, 1.82) is 0 Å². The molecule has 2 aromatic rings. The molecule has 2 aromatic carbocycles. The summed E-state index contributed by atoms with van der Waals surface area (Å²) < 4.78 is 12.8. The second kappa shape index (κ2) is 5.99. The van der Waals surface area contributed by atoms with E-state index in [9.17, 15) is 14.3 Å². The quantitative estimate of drug-likeness (QED) is 0.686. The van der Waals surface area contributed by atoms with E-state index in [4.69, 9.17) is 0 Å². The number of carbonyl (C=O) groups is 1. The summed E-state index contributed by atoms with van der Waals surface area (Å²) in [5, 5.41) is 10.0. The molecule has 0 aliphatic heterocycles. The van der Waals surface area contributed by atoms with Gasteiger partial charge in [0.05, 0.1) is 0 Å². The number of benzene rings is 2. The Balaban J connectivity index is 2.20. The number of ketones is 1. The van der Waals surface area contributed by atoms with Gasteiger partial charge in [0.25, 0.3) is 0 Å². The summed E-state index contributed by atoms with van der Waals surface area (Å²) in [7, 11) is 0. The minimum atomic E-state index is -1.22. The third kappa shape index (κ3) is 3.22. The Labute approximate surface area is 115 Å². The highest BCUT2D eigenvalue weighted by atomic mass is 32.2. The standard InChI is InChI=1S/C15H13FO2S/c1-19-13-8-4-11(5-9-13)15(18)14(17)10-2-6-12(16)7-3-10/h2-9,15,18H,1H3. The van der Waals surface area contributed by atoms with Crippen molar-refractivity contribution in [1.82, 2.24) is 0 Å². The molecule has 1 atom stereocenters. The first-order valence-electron chi connectivity index (χ1n) is 5.73. The highest BCUT2D eigenvalue weighted by Gasteiger charge is 2.19. The van der Waals surface area contributed by atoms with Gasteiger partial charge in [-0.1, -0.05) is 12.1 Å². The van der Waals surface area contributed by atoms with Crippen LogP contribution < -0.4 is 0 Å². The number of aliphatic hydroxyl groups is 1. The summed E-state index contributed by atoms with van der Waals surface area (Å²) in [5.74, 6) is -0.840. The van der Waals surface area contributed by atoms with Crippen molar-refractivity contribution in [2.45, 2.75) is 11.0 Å². The zero-order chi connectivity index (χ0) is 13.8. The van der Waals surface area contributed by atoms with Crippen LogP contribution in [0.3, 0.4) is 0 Å². The van der Waals surface area contributed by atoms with Crippen molar-refractivity contribution in [2.24, 2.45) is 0 Å². The highest BCUT2D eigenvalue weighted by Crippen LogP contribution is 2.22. The van der Waals surface area contributed by atoms with Gasteiger partial charge in [-0.3, -0.25) is 4.79 Å². The largest absolute Gasteiger partial charge is 0.380 e. The molecular weight excluding hydrogens is 263 g/mol. The number of carbonyl (C=O) groups excluding carboxylic acids is 1. The lowest BCUT2D eigenvalue weighted by Gasteiger charge is -2.10. The lowest BCUT2D eigenvalue weighted by atomic mass is 10.0. The Bertz CT molecular complexity index is 564. The van der Waals surface area contributed by atoms with E-state index in [0.29, 0.717) is 11.1 Å². The van der Waals surface area contributed by atoms with Gasteiger partial charge >= 0.3 is 0 Å². The zero-order valence-corrected chi connectivity index (χ0v) is 11.2. The van der Waals surface area contributed by atoms with Crippen LogP contribution in [0.15, 0.2) is 53.4 Å². The SMILES string of the molecule is CSc1ccc(C(O)C(=O)c2ccc(F)cc2)cc1. The highest BCUT2D eigenvalue weighted by molar-refractivity contribution is 7.98. The molecule has 1 unspecified atom stereocenters. The fraction of sp³-hybridized carbons (Fsp3) is 0.133. The molecule has 0 heterocycles. The number of thioether (sulfide) groups is 1. The Morgan fingerprint density at radius 2 is 1.68 bits per heavy atom. The van der Waals surface area contributed by atoms with Crippen LogP contribution >= 0.6 is 11.8 Å². The molecule has 1 N–H and O–H groups in total. The topological polar surface area (TPSA) is 37.3 Å². The van der Waals surface area contributed by atoms with Crippen LogP contribution in [0.1, 0.15) is 22.0 Å². The molecule has 0 saturated heterocycles. The summed E-state index contributed by atoms with van der Waals surface area (Å²) in [5.41, 5.74) is 0.829. The van der Waals surface area contributed by atoms with Gasteiger partial charge in [-0.15, -0.1) is 11.8 Å². The molecular formula is C15H13FO2S. The molecule has 0 spiro atoms. The van der Waals surface area contributed by atoms with E-state index in [-0.39, 0.29) is 0 Å². The van der Waals surface area contributed by atoms with Gasteiger partial charge in [0, 0.05) is 10.5 Å². The van der Waals surface area contributed by atoms with Crippen LogP contribution in [0.2, 0.25) is 0 Å². The predicted molar refractivity (Wildman–Crippen MR) is 73.9 cm³/mol. The van der Waals surface area contributed by atoms with Gasteiger partial charge < -0.3 is 5.11 Å². The van der Waals surface area contributed by atoms with Crippen molar-refractivity contribution in [3.8, 4) is 0 Å². The van der Waals surface area contributed by atoms with Gasteiger partial charge in [0.1, 0.15) is 11.9 Å². The normalized spacial score (nSPS) is 12.2. The van der Waals surface area contributed by atoms with E-state index in [1.807, 2.05) is 18.4 Å². The van der Waals surface area contributed by atoms with Crippen molar-refractivity contribution in [3.63, 3.8) is 0 Å². The van der Waals surface area contributed by atoms with Gasteiger partial charge in [-0.25, -0.2) is 4.39 Å². The minimum absolute atomic E-state index is 0.294. The fourth-order valence-corrected chi connectivity index (χ4v) is 2.12. The second-order valence-electron chi connectivity index (χ2n) is 4.05. The van der Waals surface area contributed by atoms with E-state index >= 15 is 0 Å². The molecule has 4 heteroatoms. The van der Waals surface area contributed by atoms with Crippen LogP contribution in [0.25, 0.3) is 0 Å². The monoisotopic (exact) mass is 276 g/mol. The number of rotatable bonds is 4. The molecule has 0 radical (unpaired) electrons. The average Bonchev–Trinajstić information content (AvgIpc) is 2.46. The lowest BCUT2D eigenvalue weighted by molar-refractivity contribution is 0.0747. The lowest BCUT2D eigenvalue weighted by Crippen LogP contribution is -2.12. The molecule has 0 aromatic heterocycles. The maximum Gasteiger partial charge on any atom is 0.195 e. The Hall–Kier alpha value is -1.65. The van der Waals surface area contributed by atoms with E-state index in [1.165, 1.54) is 24.3 Å². The maximum absolute atomic E-state index is 12.8. The molecule has 0 aliphatic carbocycles. The molecule has 98 valence electrons. The van der Waals surface area contributed by atoms with Crippen LogP contribution in [-0.4, -0.2) is 17.1 Å². The summed E-state index contributed by atoms with van der Waals surface area (Å²) in [4.78, 5) is 13.1. The maximum atomic E-state index is 12.8. The van der Waals surface area contributed by atoms with Gasteiger partial charge in [0.2, 0.25) is 0 Å². The van der Waals surface area contributed by atoms with Gasteiger partial charge in [0.15, 0.2) is 5.78 Å². The van der Waals surface area contributed by atoms with Crippen LogP contribution in [0.4, 0.5) is 4.39 Å². The van der Waals surface area contributed by atoms with Gasteiger partial charge in [-0.2, -0.15) is 0 Å². The average molecular weight is 276 g/mol. The van der Waals surface area contributed by atoms with E-state index in [1.54, 1.807) is 23.9 Å². The third-order valence-corrected chi connectivity index (χ3v) is 3.55. The third-order valence-electron chi connectivity index (χ3n) is 2.81. The van der Waals surface area contributed by atoms with Crippen LogP contribution in [0.5, 0.6) is 0 Å². The Kier molecular flexibility index (Phi) is 4.35. The van der Waals surface area contributed by atoms with Gasteiger partial charge in [-0.05, 0) is 48.2 Å². The summed E-state index contributed by atoms with van der Waals surface area (Å²) in [6.45, 7) is 0. The second-order valence-corrected chi connectivity index (χ2v) is 4.93.